The third-order valence-corrected chi connectivity index (χ3v) is 4.07. The lowest BCUT2D eigenvalue weighted by Crippen LogP contribution is -2.32. The molecule has 2 rings (SSSR count). The number of hydrogen-bond donors (Lipinski definition) is 2. The first kappa shape index (κ1) is 16.2. The van der Waals surface area contributed by atoms with Crippen molar-refractivity contribution in [1.29, 1.82) is 0 Å². The van der Waals surface area contributed by atoms with Gasteiger partial charge in [-0.05, 0) is 55.9 Å². The predicted molar refractivity (Wildman–Crippen MR) is 87.8 cm³/mol. The molecule has 0 heterocycles. The summed E-state index contributed by atoms with van der Waals surface area (Å²) in [5, 5.41) is 6.48. The van der Waals surface area contributed by atoms with E-state index in [0.29, 0.717) is 11.6 Å². The van der Waals surface area contributed by atoms with E-state index in [1.54, 1.807) is 12.3 Å². The van der Waals surface area contributed by atoms with Gasteiger partial charge in [0.15, 0.2) is 0 Å². The van der Waals surface area contributed by atoms with Gasteiger partial charge in [-0.3, -0.25) is 9.59 Å². The molecule has 2 N–H and O–H groups in total. The van der Waals surface area contributed by atoms with Crippen LogP contribution in [-0.4, -0.2) is 18.0 Å². The fraction of sp³-hybridized carbons (Fsp3) is 0.471. The zero-order valence-corrected chi connectivity index (χ0v) is 13.2. The molecule has 118 valence electrons. The van der Waals surface area contributed by atoms with Crippen molar-refractivity contribution in [3.8, 4) is 0 Å². The number of amides is 2. The van der Waals surface area contributed by atoms with Gasteiger partial charge in [0.25, 0.3) is 0 Å². The van der Waals surface area contributed by atoms with Crippen molar-refractivity contribution in [1.82, 2.24) is 5.43 Å². The van der Waals surface area contributed by atoms with Crippen molar-refractivity contribution in [2.24, 2.45) is 11.0 Å². The van der Waals surface area contributed by atoms with Gasteiger partial charge in [-0.2, -0.15) is 5.10 Å². The van der Waals surface area contributed by atoms with E-state index >= 15 is 0 Å². The molecule has 5 nitrogen and oxygen atoms in total. The van der Waals surface area contributed by atoms with Crippen LogP contribution in [0.5, 0.6) is 0 Å². The lowest BCUT2D eigenvalue weighted by Gasteiger charge is -2.16. The largest absolute Gasteiger partial charge is 0.329 e. The summed E-state index contributed by atoms with van der Waals surface area (Å²) in [6.45, 7) is 3.95. The number of rotatable bonds is 3. The van der Waals surface area contributed by atoms with Gasteiger partial charge in [0, 0.05) is 11.9 Å². The number of carbonyl (C=O) groups is 2. The minimum atomic E-state index is -0.745. The van der Waals surface area contributed by atoms with Gasteiger partial charge in [-0.15, -0.1) is 0 Å². The second-order valence-corrected chi connectivity index (χ2v) is 5.87. The molecule has 2 amide bonds. The minimum Gasteiger partial charge on any atom is -0.318 e. The fourth-order valence-corrected chi connectivity index (χ4v) is 2.54. The van der Waals surface area contributed by atoms with Crippen LogP contribution >= 0.6 is 0 Å². The lowest BCUT2D eigenvalue weighted by atomic mass is 9.90. The number of hydrazone groups is 1. The van der Waals surface area contributed by atoms with Gasteiger partial charge in [0.05, 0.1) is 0 Å². The maximum Gasteiger partial charge on any atom is 0.329 e. The zero-order valence-electron chi connectivity index (χ0n) is 13.2. The van der Waals surface area contributed by atoms with Crippen LogP contribution in [0.25, 0.3) is 0 Å². The highest BCUT2D eigenvalue weighted by molar-refractivity contribution is 6.39. The molecule has 0 aliphatic heterocycles. The molecular weight excluding hydrogens is 278 g/mol. The first-order valence-electron chi connectivity index (χ1n) is 7.78. The molecule has 5 heteroatoms. The number of nitrogens with zero attached hydrogens (tertiary/aromatic N) is 1. The van der Waals surface area contributed by atoms with Crippen LogP contribution in [0.3, 0.4) is 0 Å². The normalized spacial score (nSPS) is 15.7. The molecule has 0 aromatic heterocycles. The molecule has 1 aromatic carbocycles. The highest BCUT2D eigenvalue weighted by atomic mass is 16.2. The molecule has 0 radical (unpaired) electrons. The molecule has 1 fully saturated rings. The number of aryl methyl sites for hydroxylation is 2. The van der Waals surface area contributed by atoms with Gasteiger partial charge in [-0.1, -0.05) is 25.3 Å². The number of hydrogen-bond acceptors (Lipinski definition) is 3. The van der Waals surface area contributed by atoms with Crippen molar-refractivity contribution in [2.75, 3.05) is 5.32 Å². The standard InChI is InChI=1S/C17H23N3O2/c1-12-8-9-15(10-13(12)2)19-16(21)17(22)20-18-11-14-6-4-3-5-7-14/h8-11,14H,3-7H2,1-2H3,(H,19,21)(H,20,22)/b18-11+. The quantitative estimate of drug-likeness (QED) is 0.512. The summed E-state index contributed by atoms with van der Waals surface area (Å²) >= 11 is 0. The Morgan fingerprint density at radius 2 is 1.82 bits per heavy atom. The first-order valence-corrected chi connectivity index (χ1v) is 7.78. The molecule has 22 heavy (non-hydrogen) atoms. The van der Waals surface area contributed by atoms with Crippen LogP contribution in [0.2, 0.25) is 0 Å². The van der Waals surface area contributed by atoms with E-state index in [4.69, 9.17) is 0 Å². The molecule has 0 saturated heterocycles. The summed E-state index contributed by atoms with van der Waals surface area (Å²) in [6, 6.07) is 5.52. The summed E-state index contributed by atoms with van der Waals surface area (Å²) in [5.74, 6) is -1.04. The van der Waals surface area contributed by atoms with Gasteiger partial charge in [0.2, 0.25) is 0 Å². The maximum atomic E-state index is 11.8. The predicted octanol–water partition coefficient (Wildman–Crippen LogP) is 2.92. The van der Waals surface area contributed by atoms with Crippen molar-refractivity contribution < 1.29 is 9.59 Å². The van der Waals surface area contributed by atoms with Crippen LogP contribution in [0.15, 0.2) is 23.3 Å². The number of anilines is 1. The van der Waals surface area contributed by atoms with E-state index in [1.165, 1.54) is 19.3 Å². The molecule has 1 aliphatic carbocycles. The van der Waals surface area contributed by atoms with Gasteiger partial charge < -0.3 is 5.32 Å². The van der Waals surface area contributed by atoms with E-state index in [2.05, 4.69) is 15.8 Å². The Morgan fingerprint density at radius 1 is 1.09 bits per heavy atom. The van der Waals surface area contributed by atoms with E-state index in [0.717, 1.165) is 24.0 Å². The van der Waals surface area contributed by atoms with Crippen LogP contribution < -0.4 is 10.7 Å². The van der Waals surface area contributed by atoms with E-state index in [1.807, 2.05) is 26.0 Å². The summed E-state index contributed by atoms with van der Waals surface area (Å²) in [4.78, 5) is 23.5. The Balaban J connectivity index is 1.82. The van der Waals surface area contributed by atoms with Crippen molar-refractivity contribution in [2.45, 2.75) is 46.0 Å². The Morgan fingerprint density at radius 3 is 2.50 bits per heavy atom. The summed E-state index contributed by atoms with van der Waals surface area (Å²) in [5.41, 5.74) is 5.11. The second-order valence-electron chi connectivity index (χ2n) is 5.87. The SMILES string of the molecule is Cc1ccc(NC(=O)C(=O)N/N=C/C2CCCCC2)cc1C. The molecule has 1 aromatic rings. The van der Waals surface area contributed by atoms with E-state index in [-0.39, 0.29) is 0 Å². The second kappa shape index (κ2) is 7.73. The number of benzene rings is 1. The Hall–Kier alpha value is -2.17. The maximum absolute atomic E-state index is 11.8. The van der Waals surface area contributed by atoms with E-state index in [9.17, 15) is 9.59 Å². The number of nitrogens with one attached hydrogen (secondary N) is 2. The highest BCUT2D eigenvalue weighted by Crippen LogP contribution is 2.21. The Labute approximate surface area is 131 Å². The third kappa shape index (κ3) is 4.69. The zero-order chi connectivity index (χ0) is 15.9. The Kier molecular flexibility index (Phi) is 5.69. The monoisotopic (exact) mass is 301 g/mol. The highest BCUT2D eigenvalue weighted by Gasteiger charge is 2.14. The van der Waals surface area contributed by atoms with Crippen LogP contribution in [0, 0.1) is 19.8 Å². The molecule has 0 bridgehead atoms. The smallest absolute Gasteiger partial charge is 0.318 e. The minimum absolute atomic E-state index is 0.414. The molecular formula is C17H23N3O2. The van der Waals surface area contributed by atoms with Crippen molar-refractivity contribution >= 4 is 23.7 Å². The van der Waals surface area contributed by atoms with E-state index < -0.39 is 11.8 Å². The topological polar surface area (TPSA) is 70.6 Å². The summed E-state index contributed by atoms with van der Waals surface area (Å²) in [7, 11) is 0. The van der Waals surface area contributed by atoms with Crippen molar-refractivity contribution in [3.05, 3.63) is 29.3 Å². The fourth-order valence-electron chi connectivity index (χ4n) is 2.54. The van der Waals surface area contributed by atoms with Crippen molar-refractivity contribution in [3.63, 3.8) is 0 Å². The summed E-state index contributed by atoms with van der Waals surface area (Å²) in [6.07, 6.45) is 7.65. The van der Waals surface area contributed by atoms with Crippen LogP contribution in [0.1, 0.15) is 43.2 Å². The number of carbonyl (C=O) groups excluding carboxylic acids is 2. The first-order chi connectivity index (χ1) is 10.6. The molecule has 0 spiro atoms. The molecule has 1 saturated carbocycles. The summed E-state index contributed by atoms with van der Waals surface area (Å²) < 4.78 is 0. The lowest BCUT2D eigenvalue weighted by molar-refractivity contribution is -0.136. The molecule has 0 unspecified atom stereocenters. The average Bonchev–Trinajstić information content (AvgIpc) is 2.52. The van der Waals surface area contributed by atoms with Gasteiger partial charge in [-0.25, -0.2) is 5.43 Å². The molecule has 0 atom stereocenters. The van der Waals surface area contributed by atoms with Crippen LogP contribution in [-0.2, 0) is 9.59 Å². The Bertz CT molecular complexity index is 575. The van der Waals surface area contributed by atoms with Gasteiger partial charge in [0.1, 0.15) is 0 Å². The molecule has 1 aliphatic rings. The average molecular weight is 301 g/mol. The third-order valence-electron chi connectivity index (χ3n) is 4.07. The van der Waals surface area contributed by atoms with Crippen LogP contribution in [0.4, 0.5) is 5.69 Å². The van der Waals surface area contributed by atoms with Gasteiger partial charge >= 0.3 is 11.8 Å².